The standard InChI is InChI=1S/C23H28ClN3O3/c1-17(2)14-27(22(28)18-7-4-3-5-8-18)16-21-15-26(11-12-30-21)23(29)25-20-10-6-9-19(24)13-20/h3-10,13,17,21H,11-12,14-16H2,1-2H3,(H,25,29)/t21-/m0/s1. The first kappa shape index (κ1) is 22.1. The van der Waals surface area contributed by atoms with E-state index < -0.39 is 0 Å². The highest BCUT2D eigenvalue weighted by Crippen LogP contribution is 2.17. The van der Waals surface area contributed by atoms with Crippen molar-refractivity contribution in [2.75, 3.05) is 38.1 Å². The van der Waals surface area contributed by atoms with Gasteiger partial charge in [-0.3, -0.25) is 4.79 Å². The summed E-state index contributed by atoms with van der Waals surface area (Å²) >= 11 is 5.99. The third kappa shape index (κ3) is 6.21. The predicted molar refractivity (Wildman–Crippen MR) is 119 cm³/mol. The summed E-state index contributed by atoms with van der Waals surface area (Å²) in [7, 11) is 0. The number of ether oxygens (including phenoxy) is 1. The molecule has 1 N–H and O–H groups in total. The van der Waals surface area contributed by atoms with Crippen molar-refractivity contribution in [2.24, 2.45) is 5.92 Å². The van der Waals surface area contributed by atoms with Crippen LogP contribution in [0.25, 0.3) is 0 Å². The molecule has 0 unspecified atom stereocenters. The van der Waals surface area contributed by atoms with E-state index in [0.29, 0.717) is 55.0 Å². The lowest BCUT2D eigenvalue weighted by atomic mass is 10.1. The number of hydrogen-bond acceptors (Lipinski definition) is 3. The zero-order valence-electron chi connectivity index (χ0n) is 17.4. The largest absolute Gasteiger partial charge is 0.373 e. The average Bonchev–Trinajstić information content (AvgIpc) is 2.73. The highest BCUT2D eigenvalue weighted by Gasteiger charge is 2.28. The van der Waals surface area contributed by atoms with E-state index in [9.17, 15) is 9.59 Å². The molecular weight excluding hydrogens is 402 g/mol. The molecule has 0 radical (unpaired) electrons. The van der Waals surface area contributed by atoms with E-state index in [1.54, 1.807) is 29.2 Å². The van der Waals surface area contributed by atoms with Crippen LogP contribution >= 0.6 is 11.6 Å². The molecule has 3 amide bonds. The van der Waals surface area contributed by atoms with Crippen LogP contribution in [0, 0.1) is 5.92 Å². The second-order valence-corrected chi connectivity index (χ2v) is 8.29. The van der Waals surface area contributed by atoms with Gasteiger partial charge in [-0.15, -0.1) is 0 Å². The average molecular weight is 430 g/mol. The number of carbonyl (C=O) groups is 2. The molecule has 3 rings (SSSR count). The Morgan fingerprint density at radius 1 is 1.20 bits per heavy atom. The highest BCUT2D eigenvalue weighted by atomic mass is 35.5. The van der Waals surface area contributed by atoms with Crippen molar-refractivity contribution < 1.29 is 14.3 Å². The molecule has 0 saturated carbocycles. The van der Waals surface area contributed by atoms with Gasteiger partial charge in [0.2, 0.25) is 0 Å². The Balaban J connectivity index is 1.63. The zero-order chi connectivity index (χ0) is 21.5. The molecule has 1 atom stereocenters. The number of morpholine rings is 1. The van der Waals surface area contributed by atoms with E-state index in [4.69, 9.17) is 16.3 Å². The van der Waals surface area contributed by atoms with Crippen molar-refractivity contribution in [1.29, 1.82) is 0 Å². The van der Waals surface area contributed by atoms with Crippen molar-refractivity contribution in [3.05, 3.63) is 65.2 Å². The number of amides is 3. The molecule has 30 heavy (non-hydrogen) atoms. The van der Waals surface area contributed by atoms with Crippen LogP contribution in [0.15, 0.2) is 54.6 Å². The fraction of sp³-hybridized carbons (Fsp3) is 0.391. The molecule has 1 aliphatic heterocycles. The summed E-state index contributed by atoms with van der Waals surface area (Å²) in [6, 6.07) is 16.1. The lowest BCUT2D eigenvalue weighted by Gasteiger charge is -2.36. The summed E-state index contributed by atoms with van der Waals surface area (Å²) in [6.45, 7) is 6.58. The van der Waals surface area contributed by atoms with Gasteiger partial charge in [-0.2, -0.15) is 0 Å². The second kappa shape index (κ2) is 10.5. The molecule has 7 heteroatoms. The van der Waals surface area contributed by atoms with Crippen LogP contribution in [0.4, 0.5) is 10.5 Å². The highest BCUT2D eigenvalue weighted by molar-refractivity contribution is 6.30. The van der Waals surface area contributed by atoms with Crippen LogP contribution in [-0.4, -0.2) is 60.6 Å². The normalized spacial score (nSPS) is 16.4. The Labute approximate surface area is 182 Å². The van der Waals surface area contributed by atoms with Gasteiger partial charge in [0.1, 0.15) is 0 Å². The molecule has 160 valence electrons. The number of carbonyl (C=O) groups excluding carboxylic acids is 2. The number of halogens is 1. The van der Waals surface area contributed by atoms with E-state index in [-0.39, 0.29) is 18.0 Å². The minimum atomic E-state index is -0.240. The number of rotatable bonds is 6. The first-order chi connectivity index (χ1) is 14.4. The van der Waals surface area contributed by atoms with Crippen LogP contribution in [0.1, 0.15) is 24.2 Å². The van der Waals surface area contributed by atoms with Gasteiger partial charge in [0, 0.05) is 35.9 Å². The molecule has 1 aliphatic rings. The Bertz CT molecular complexity index is 860. The van der Waals surface area contributed by atoms with Gasteiger partial charge < -0.3 is 19.9 Å². The summed E-state index contributed by atoms with van der Waals surface area (Å²) in [5, 5.41) is 3.44. The Morgan fingerprint density at radius 2 is 1.97 bits per heavy atom. The number of urea groups is 1. The van der Waals surface area contributed by atoms with Crippen molar-refractivity contribution in [3.63, 3.8) is 0 Å². The summed E-state index contributed by atoms with van der Waals surface area (Å²) < 4.78 is 5.89. The molecule has 6 nitrogen and oxygen atoms in total. The summed E-state index contributed by atoms with van der Waals surface area (Å²) in [5.41, 5.74) is 1.31. The van der Waals surface area contributed by atoms with E-state index in [1.165, 1.54) is 0 Å². The molecule has 2 aromatic carbocycles. The fourth-order valence-corrected chi connectivity index (χ4v) is 3.66. The summed E-state index contributed by atoms with van der Waals surface area (Å²) in [6.07, 6.45) is -0.240. The van der Waals surface area contributed by atoms with Crippen molar-refractivity contribution in [1.82, 2.24) is 9.80 Å². The maximum atomic E-state index is 13.0. The van der Waals surface area contributed by atoms with Gasteiger partial charge in [0.05, 0.1) is 19.3 Å². The molecule has 0 spiro atoms. The molecule has 1 fully saturated rings. The Hall–Kier alpha value is -2.57. The van der Waals surface area contributed by atoms with Crippen LogP contribution in [0.3, 0.4) is 0 Å². The van der Waals surface area contributed by atoms with Gasteiger partial charge in [-0.05, 0) is 36.2 Å². The maximum absolute atomic E-state index is 13.0. The number of hydrogen-bond donors (Lipinski definition) is 1. The number of nitrogens with zero attached hydrogens (tertiary/aromatic N) is 2. The van der Waals surface area contributed by atoms with E-state index >= 15 is 0 Å². The molecule has 2 aromatic rings. The third-order valence-electron chi connectivity index (χ3n) is 4.82. The van der Waals surface area contributed by atoms with Crippen molar-refractivity contribution in [3.8, 4) is 0 Å². The fourth-order valence-electron chi connectivity index (χ4n) is 3.47. The minimum Gasteiger partial charge on any atom is -0.373 e. The van der Waals surface area contributed by atoms with Gasteiger partial charge in [0.25, 0.3) is 5.91 Å². The minimum absolute atomic E-state index is 0.0200. The van der Waals surface area contributed by atoms with Crippen LogP contribution in [0.2, 0.25) is 5.02 Å². The van der Waals surface area contributed by atoms with E-state index in [2.05, 4.69) is 19.2 Å². The van der Waals surface area contributed by atoms with Gasteiger partial charge in [-0.1, -0.05) is 49.7 Å². The number of nitrogens with one attached hydrogen (secondary N) is 1. The number of anilines is 1. The number of benzene rings is 2. The van der Waals surface area contributed by atoms with Crippen molar-refractivity contribution in [2.45, 2.75) is 20.0 Å². The van der Waals surface area contributed by atoms with Gasteiger partial charge in [0.15, 0.2) is 0 Å². The van der Waals surface area contributed by atoms with Crippen LogP contribution < -0.4 is 5.32 Å². The van der Waals surface area contributed by atoms with Crippen LogP contribution in [0.5, 0.6) is 0 Å². The Morgan fingerprint density at radius 3 is 2.67 bits per heavy atom. The third-order valence-corrected chi connectivity index (χ3v) is 5.05. The van der Waals surface area contributed by atoms with E-state index in [1.807, 2.05) is 35.2 Å². The predicted octanol–water partition coefficient (Wildman–Crippen LogP) is 4.37. The summed E-state index contributed by atoms with van der Waals surface area (Å²) in [4.78, 5) is 29.2. The SMILES string of the molecule is CC(C)CN(C[C@@H]1CN(C(=O)Nc2cccc(Cl)c2)CCO1)C(=O)c1ccccc1. The van der Waals surface area contributed by atoms with Crippen LogP contribution in [-0.2, 0) is 4.74 Å². The monoisotopic (exact) mass is 429 g/mol. The quantitative estimate of drug-likeness (QED) is 0.741. The molecule has 1 heterocycles. The topological polar surface area (TPSA) is 61.9 Å². The Kier molecular flexibility index (Phi) is 7.71. The maximum Gasteiger partial charge on any atom is 0.322 e. The lowest BCUT2D eigenvalue weighted by molar-refractivity contribution is -0.0272. The van der Waals surface area contributed by atoms with Gasteiger partial charge >= 0.3 is 6.03 Å². The zero-order valence-corrected chi connectivity index (χ0v) is 18.1. The molecule has 0 bridgehead atoms. The molecule has 1 saturated heterocycles. The summed E-state index contributed by atoms with van der Waals surface area (Å²) in [5.74, 6) is 0.303. The lowest BCUT2D eigenvalue weighted by Crippen LogP contribution is -2.52. The second-order valence-electron chi connectivity index (χ2n) is 7.85. The first-order valence-electron chi connectivity index (χ1n) is 10.2. The van der Waals surface area contributed by atoms with E-state index in [0.717, 1.165) is 0 Å². The van der Waals surface area contributed by atoms with Crippen molar-refractivity contribution >= 4 is 29.2 Å². The molecule has 0 aromatic heterocycles. The molecule has 0 aliphatic carbocycles. The molecular formula is C23H28ClN3O3. The van der Waals surface area contributed by atoms with Gasteiger partial charge in [-0.25, -0.2) is 4.79 Å². The smallest absolute Gasteiger partial charge is 0.322 e. The first-order valence-corrected chi connectivity index (χ1v) is 10.6.